The fourth-order valence-electron chi connectivity index (χ4n) is 5.09. The van der Waals surface area contributed by atoms with Gasteiger partial charge in [-0.05, 0) is 59.9 Å². The molecule has 5 rings (SSSR count). The van der Waals surface area contributed by atoms with Gasteiger partial charge >= 0.3 is 0 Å². The Bertz CT molecular complexity index is 1630. The second-order valence-corrected chi connectivity index (χ2v) is 10.9. The summed E-state index contributed by atoms with van der Waals surface area (Å²) in [6.45, 7) is 0. The van der Waals surface area contributed by atoms with Crippen molar-refractivity contribution in [1.29, 1.82) is 0 Å². The van der Waals surface area contributed by atoms with E-state index in [0.717, 1.165) is 5.56 Å². The Balaban J connectivity index is 1.47. The lowest BCUT2D eigenvalue weighted by Gasteiger charge is -2.48. The summed E-state index contributed by atoms with van der Waals surface area (Å²) in [5, 5.41) is 21.7. The Morgan fingerprint density at radius 1 is 0.872 bits per heavy atom. The van der Waals surface area contributed by atoms with Crippen molar-refractivity contribution in [3.63, 3.8) is 0 Å². The molecule has 39 heavy (non-hydrogen) atoms. The van der Waals surface area contributed by atoms with Gasteiger partial charge in [0.2, 0.25) is 5.91 Å². The Morgan fingerprint density at radius 2 is 1.56 bits per heavy atom. The quantitative estimate of drug-likeness (QED) is 0.194. The molecule has 1 amide bonds. The minimum Gasteiger partial charge on any atom is -0.508 e. The predicted octanol–water partition coefficient (Wildman–Crippen LogP) is 5.66. The minimum atomic E-state index is -4.41. The summed E-state index contributed by atoms with van der Waals surface area (Å²) in [4.78, 5) is 14.3. The van der Waals surface area contributed by atoms with Gasteiger partial charge in [0, 0.05) is 5.56 Å². The maximum absolute atomic E-state index is 14.7. The molecule has 1 fully saturated rings. The summed E-state index contributed by atoms with van der Waals surface area (Å²) < 4.78 is 47.2. The van der Waals surface area contributed by atoms with Crippen molar-refractivity contribution in [3.8, 4) is 16.9 Å². The van der Waals surface area contributed by atoms with E-state index < -0.39 is 34.0 Å². The third-order valence-electron chi connectivity index (χ3n) is 7.08. The number of rotatable bonds is 8. The van der Waals surface area contributed by atoms with Crippen LogP contribution in [0.4, 0.5) is 10.1 Å². The molecular weight excluding hydrogens is 521 g/mol. The van der Waals surface area contributed by atoms with Gasteiger partial charge in [0.05, 0.1) is 28.6 Å². The number of aliphatic hydroxyl groups excluding tert-OH is 1. The topological polar surface area (TPSA) is 115 Å². The summed E-state index contributed by atoms with van der Waals surface area (Å²) >= 11 is 0. The van der Waals surface area contributed by atoms with Gasteiger partial charge < -0.3 is 15.1 Å². The lowest BCUT2D eigenvalue weighted by Crippen LogP contribution is -2.55. The molecule has 3 N–H and O–H groups in total. The zero-order valence-corrected chi connectivity index (χ0v) is 21.5. The third-order valence-corrected chi connectivity index (χ3v) is 7.93. The van der Waals surface area contributed by atoms with Crippen LogP contribution in [0, 0.1) is 11.7 Å². The van der Waals surface area contributed by atoms with Crippen LogP contribution in [0.15, 0.2) is 102 Å². The third kappa shape index (κ3) is 5.29. The van der Waals surface area contributed by atoms with E-state index in [1.54, 1.807) is 36.4 Å². The second-order valence-electron chi connectivity index (χ2n) is 9.49. The zero-order valence-electron chi connectivity index (χ0n) is 20.7. The highest BCUT2D eigenvalue weighted by Crippen LogP contribution is 2.49. The number of para-hydroxylation sites is 1. The Morgan fingerprint density at radius 3 is 2.26 bits per heavy atom. The number of aromatic hydroxyl groups is 1. The Kier molecular flexibility index (Phi) is 7.22. The van der Waals surface area contributed by atoms with Gasteiger partial charge in [-0.2, -0.15) is 8.42 Å². The molecule has 7 nitrogen and oxygen atoms in total. The van der Waals surface area contributed by atoms with Gasteiger partial charge in [-0.1, -0.05) is 66.7 Å². The van der Waals surface area contributed by atoms with E-state index in [9.17, 15) is 32.4 Å². The molecule has 1 aliphatic heterocycles. The van der Waals surface area contributed by atoms with Gasteiger partial charge in [-0.25, -0.2) is 4.39 Å². The highest BCUT2D eigenvalue weighted by Gasteiger charge is 2.50. The van der Waals surface area contributed by atoms with Crippen molar-refractivity contribution in [2.24, 2.45) is 5.92 Å². The normalized spacial score (nSPS) is 18.0. The predicted molar refractivity (Wildman–Crippen MR) is 144 cm³/mol. The summed E-state index contributed by atoms with van der Waals surface area (Å²) in [5.74, 6) is -1.65. The number of carbonyl (C=O) groups is 1. The monoisotopic (exact) mass is 547 g/mol. The van der Waals surface area contributed by atoms with Crippen LogP contribution in [-0.4, -0.2) is 29.1 Å². The first-order valence-electron chi connectivity index (χ1n) is 12.4. The lowest BCUT2D eigenvalue weighted by atomic mass is 9.77. The number of benzene rings is 4. The highest BCUT2D eigenvalue weighted by atomic mass is 32.2. The molecule has 0 bridgehead atoms. The average Bonchev–Trinajstić information content (AvgIpc) is 2.93. The van der Waals surface area contributed by atoms with Crippen LogP contribution in [0.2, 0.25) is 0 Å². The van der Waals surface area contributed by atoms with Gasteiger partial charge in [0.1, 0.15) is 11.6 Å². The first-order chi connectivity index (χ1) is 18.6. The van der Waals surface area contributed by atoms with E-state index in [0.29, 0.717) is 29.5 Å². The van der Waals surface area contributed by atoms with Crippen molar-refractivity contribution >= 4 is 21.7 Å². The SMILES string of the molecule is O=C1C(CCC(O)c2ccccc2)C(c2ccc(-c3cccc(S(=O)(=O)O)c3)cc2O)N1c1ccccc1F. The van der Waals surface area contributed by atoms with Gasteiger partial charge in [0.25, 0.3) is 10.1 Å². The van der Waals surface area contributed by atoms with E-state index in [-0.39, 0.29) is 22.2 Å². The molecular formula is C30H26FNO6S. The number of phenolic OH excluding ortho intramolecular Hbond substituents is 1. The van der Waals surface area contributed by atoms with Crippen LogP contribution in [-0.2, 0) is 14.9 Å². The molecule has 4 aromatic rings. The molecule has 3 atom stereocenters. The van der Waals surface area contributed by atoms with E-state index in [1.807, 2.05) is 18.2 Å². The fourth-order valence-corrected chi connectivity index (χ4v) is 5.62. The van der Waals surface area contributed by atoms with Gasteiger partial charge in [-0.3, -0.25) is 9.35 Å². The number of amides is 1. The summed E-state index contributed by atoms with van der Waals surface area (Å²) in [6, 6.07) is 24.7. The molecule has 1 aliphatic rings. The Hall–Kier alpha value is -4.05. The first-order valence-corrected chi connectivity index (χ1v) is 13.8. The number of aliphatic hydroxyl groups is 1. The number of halogens is 1. The van der Waals surface area contributed by atoms with Crippen LogP contribution in [0.1, 0.15) is 36.1 Å². The molecule has 1 heterocycles. The van der Waals surface area contributed by atoms with Crippen LogP contribution in [0.5, 0.6) is 5.75 Å². The molecule has 0 radical (unpaired) electrons. The van der Waals surface area contributed by atoms with Crippen LogP contribution < -0.4 is 4.90 Å². The van der Waals surface area contributed by atoms with Crippen molar-refractivity contribution in [3.05, 3.63) is 114 Å². The van der Waals surface area contributed by atoms with Crippen molar-refractivity contribution < 1.29 is 32.4 Å². The summed E-state index contributed by atoms with van der Waals surface area (Å²) in [5.41, 5.74) is 2.15. The molecule has 0 saturated carbocycles. The maximum atomic E-state index is 14.7. The molecule has 0 aromatic heterocycles. The van der Waals surface area contributed by atoms with Crippen molar-refractivity contribution in [2.45, 2.75) is 29.9 Å². The number of carbonyl (C=O) groups excluding carboxylic acids is 1. The molecule has 1 saturated heterocycles. The van der Waals surface area contributed by atoms with E-state index >= 15 is 0 Å². The molecule has 4 aromatic carbocycles. The van der Waals surface area contributed by atoms with Crippen LogP contribution in [0.3, 0.4) is 0 Å². The number of hydrogen-bond donors (Lipinski definition) is 3. The zero-order chi connectivity index (χ0) is 27.7. The largest absolute Gasteiger partial charge is 0.508 e. The molecule has 0 aliphatic carbocycles. The molecule has 0 spiro atoms. The van der Waals surface area contributed by atoms with E-state index in [1.165, 1.54) is 47.4 Å². The first kappa shape index (κ1) is 26.6. The van der Waals surface area contributed by atoms with Crippen molar-refractivity contribution in [1.82, 2.24) is 0 Å². The highest BCUT2D eigenvalue weighted by molar-refractivity contribution is 7.85. The van der Waals surface area contributed by atoms with Crippen molar-refractivity contribution in [2.75, 3.05) is 4.90 Å². The van der Waals surface area contributed by atoms with Crippen LogP contribution >= 0.6 is 0 Å². The number of phenols is 1. The number of anilines is 1. The molecule has 3 unspecified atom stereocenters. The minimum absolute atomic E-state index is 0.0942. The van der Waals surface area contributed by atoms with Crippen LogP contribution in [0.25, 0.3) is 11.1 Å². The average molecular weight is 548 g/mol. The second kappa shape index (κ2) is 10.6. The van der Waals surface area contributed by atoms with E-state index in [4.69, 9.17) is 0 Å². The molecule has 9 heteroatoms. The lowest BCUT2D eigenvalue weighted by molar-refractivity contribution is -0.131. The molecule has 200 valence electrons. The number of β-lactam (4-membered cyclic amide) rings is 1. The van der Waals surface area contributed by atoms with Gasteiger partial charge in [-0.15, -0.1) is 0 Å². The fraction of sp³-hybridized carbons (Fsp3) is 0.167. The summed E-state index contributed by atoms with van der Waals surface area (Å²) in [7, 11) is -4.41. The standard InChI is InChI=1S/C30H26FNO6S/c31-25-11-4-5-12-26(25)32-29(24(30(32)35)15-16-27(33)19-7-2-1-3-8-19)23-14-13-21(18-28(23)34)20-9-6-10-22(17-20)39(36,37)38/h1-14,17-18,24,27,29,33-34H,15-16H2,(H,36,37,38). The Labute approximate surface area is 225 Å². The number of hydrogen-bond acceptors (Lipinski definition) is 5. The number of nitrogens with zero attached hydrogens (tertiary/aromatic N) is 1. The smallest absolute Gasteiger partial charge is 0.294 e. The van der Waals surface area contributed by atoms with E-state index in [2.05, 4.69) is 0 Å². The summed E-state index contributed by atoms with van der Waals surface area (Å²) in [6.07, 6.45) is -0.181. The van der Waals surface area contributed by atoms with Gasteiger partial charge in [0.15, 0.2) is 0 Å². The maximum Gasteiger partial charge on any atom is 0.294 e.